The highest BCUT2D eigenvalue weighted by molar-refractivity contribution is 6.14. The summed E-state index contributed by atoms with van der Waals surface area (Å²) in [5, 5.41) is 12.4. The number of anilines is 6. The minimum absolute atomic E-state index is 0.599. The normalized spacial score (nSPS) is 12.8. The third-order valence-electron chi connectivity index (χ3n) is 16.6. The van der Waals surface area contributed by atoms with Crippen molar-refractivity contribution < 1.29 is 0 Å². The lowest BCUT2D eigenvalue weighted by molar-refractivity contribution is 0.683. The molecule has 1 heterocycles. The van der Waals surface area contributed by atoms with Gasteiger partial charge in [0.2, 0.25) is 0 Å². The molecule has 0 radical (unpaired) electrons. The molecule has 78 heavy (non-hydrogen) atoms. The van der Waals surface area contributed by atoms with Gasteiger partial charge in [-0.15, -0.1) is 0 Å². The minimum atomic E-state index is -0.599. The second-order valence-electron chi connectivity index (χ2n) is 20.9. The van der Waals surface area contributed by atoms with Crippen LogP contribution in [0.5, 0.6) is 0 Å². The van der Waals surface area contributed by atoms with Crippen LogP contribution in [0.15, 0.2) is 297 Å². The van der Waals surface area contributed by atoms with Crippen molar-refractivity contribution in [1.82, 2.24) is 0 Å². The molecule has 14 aromatic carbocycles. The van der Waals surface area contributed by atoms with Crippen molar-refractivity contribution >= 4 is 88.0 Å². The average molecular weight is 993 g/mol. The van der Waals surface area contributed by atoms with Gasteiger partial charge in [0, 0.05) is 27.9 Å². The van der Waals surface area contributed by atoms with Crippen LogP contribution in [0.3, 0.4) is 0 Å². The molecule has 0 unspecified atom stereocenters. The van der Waals surface area contributed by atoms with Crippen LogP contribution in [0.1, 0.15) is 23.6 Å². The second kappa shape index (κ2) is 18.4. The molecule has 0 amide bonds. The second-order valence-corrected chi connectivity index (χ2v) is 20.9. The van der Waals surface area contributed by atoms with Crippen LogP contribution in [0, 0.1) is 0 Å². The van der Waals surface area contributed by atoms with Crippen LogP contribution in [0.25, 0.3) is 87.2 Å². The maximum Gasteiger partial charge on any atom is 0.0540 e. The zero-order chi connectivity index (χ0) is 51.7. The first kappa shape index (κ1) is 45.4. The summed E-state index contributed by atoms with van der Waals surface area (Å²) < 4.78 is 0. The molecule has 0 fully saturated rings. The summed E-state index contributed by atoms with van der Waals surface area (Å²) in [6.07, 6.45) is 0. The van der Waals surface area contributed by atoms with Crippen molar-refractivity contribution in [2.24, 2.45) is 0 Å². The first-order valence-corrected chi connectivity index (χ1v) is 27.1. The predicted molar refractivity (Wildman–Crippen MR) is 332 cm³/mol. The number of nitrogens with zero attached hydrogens (tertiary/aromatic N) is 2. The molecule has 15 rings (SSSR count). The summed E-state index contributed by atoms with van der Waals surface area (Å²) in [6.45, 7) is 2.47. The van der Waals surface area contributed by atoms with E-state index in [2.05, 4.69) is 314 Å². The zero-order valence-electron chi connectivity index (χ0n) is 43.2. The number of para-hydroxylation sites is 3. The molecule has 0 saturated carbocycles. The molecule has 0 aliphatic carbocycles. The summed E-state index contributed by atoms with van der Waals surface area (Å²) in [5.74, 6) is 0. The highest BCUT2D eigenvalue weighted by atomic mass is 15.2. The van der Waals surface area contributed by atoms with Crippen molar-refractivity contribution in [1.29, 1.82) is 0 Å². The largest absolute Gasteiger partial charge is 0.310 e. The fourth-order valence-electron chi connectivity index (χ4n) is 13.0. The van der Waals surface area contributed by atoms with E-state index < -0.39 is 5.41 Å². The Kier molecular flexibility index (Phi) is 10.7. The standard InChI is InChI=1S/C76H52N2/c1-76(68-33-15-17-35-72(68)78(73-36-18-16-34-69(73)76)61-45-43-60(44-46-61)77(59-26-3-2-4-27-59)71-37-19-25-51-20-5-10-28-63(51)71)70-50-58(75-66-31-13-8-23-56(66)49-57-24-9-14-32-67(57)75)42-47-62(70)52-38-40-53(41-39-52)74-64-29-11-6-21-54(64)48-55-22-7-12-30-65(55)74/h2-50H,1H3. The number of rotatable bonds is 8. The molecule has 0 atom stereocenters. The van der Waals surface area contributed by atoms with Crippen LogP contribution >= 0.6 is 0 Å². The molecule has 0 N–H and O–H groups in total. The van der Waals surface area contributed by atoms with Gasteiger partial charge in [0.15, 0.2) is 0 Å². The highest BCUT2D eigenvalue weighted by Gasteiger charge is 2.43. The van der Waals surface area contributed by atoms with Gasteiger partial charge < -0.3 is 9.80 Å². The van der Waals surface area contributed by atoms with Gasteiger partial charge in [-0.2, -0.15) is 0 Å². The van der Waals surface area contributed by atoms with Gasteiger partial charge in [-0.1, -0.05) is 224 Å². The summed E-state index contributed by atoms with van der Waals surface area (Å²) in [4.78, 5) is 4.86. The first-order valence-electron chi connectivity index (χ1n) is 27.1. The summed E-state index contributed by atoms with van der Waals surface area (Å²) >= 11 is 0. The Morgan fingerprint density at radius 1 is 0.295 bits per heavy atom. The van der Waals surface area contributed by atoms with Crippen LogP contribution in [-0.2, 0) is 5.41 Å². The molecule has 0 aromatic heterocycles. The summed E-state index contributed by atoms with van der Waals surface area (Å²) in [5.41, 5.74) is 17.2. The van der Waals surface area contributed by atoms with Crippen molar-refractivity contribution in [3.05, 3.63) is 314 Å². The van der Waals surface area contributed by atoms with Gasteiger partial charge in [-0.25, -0.2) is 0 Å². The van der Waals surface area contributed by atoms with E-state index in [1.807, 2.05) is 0 Å². The van der Waals surface area contributed by atoms with Gasteiger partial charge in [0.25, 0.3) is 0 Å². The van der Waals surface area contributed by atoms with E-state index in [9.17, 15) is 0 Å². The van der Waals surface area contributed by atoms with E-state index in [1.165, 1.54) is 104 Å². The Labute approximate surface area is 455 Å². The van der Waals surface area contributed by atoms with Crippen molar-refractivity contribution in [3.63, 3.8) is 0 Å². The first-order chi connectivity index (χ1) is 38.6. The lowest BCUT2D eigenvalue weighted by atomic mass is 9.65. The van der Waals surface area contributed by atoms with Crippen LogP contribution in [0.4, 0.5) is 34.1 Å². The summed E-state index contributed by atoms with van der Waals surface area (Å²) in [6, 6.07) is 110. The van der Waals surface area contributed by atoms with Gasteiger partial charge in [0.05, 0.1) is 17.1 Å². The quantitative estimate of drug-likeness (QED) is 0.140. The Morgan fingerprint density at radius 2 is 0.718 bits per heavy atom. The minimum Gasteiger partial charge on any atom is -0.310 e. The molecule has 0 bridgehead atoms. The van der Waals surface area contributed by atoms with E-state index in [1.54, 1.807) is 0 Å². The zero-order valence-corrected chi connectivity index (χ0v) is 43.2. The van der Waals surface area contributed by atoms with Gasteiger partial charge in [-0.05, 0) is 178 Å². The smallest absolute Gasteiger partial charge is 0.0540 e. The van der Waals surface area contributed by atoms with Crippen molar-refractivity contribution in [2.45, 2.75) is 12.3 Å². The topological polar surface area (TPSA) is 6.48 Å². The third kappa shape index (κ3) is 7.25. The summed E-state index contributed by atoms with van der Waals surface area (Å²) in [7, 11) is 0. The van der Waals surface area contributed by atoms with Crippen LogP contribution in [-0.4, -0.2) is 0 Å². The Hall–Kier alpha value is -10.0. The van der Waals surface area contributed by atoms with Gasteiger partial charge in [0.1, 0.15) is 0 Å². The monoisotopic (exact) mass is 992 g/mol. The SMILES string of the molecule is CC1(c2cc(-c3c4ccccc4cc4ccccc34)ccc2-c2ccc(-c3c4ccccc4cc4ccccc34)cc2)c2ccccc2N(c2ccc(N(c3ccccc3)c3cccc4ccccc34)cc2)c2ccccc21. The molecule has 2 nitrogen and oxygen atoms in total. The highest BCUT2D eigenvalue weighted by Crippen LogP contribution is 2.57. The Morgan fingerprint density at radius 3 is 1.28 bits per heavy atom. The number of hydrogen-bond acceptors (Lipinski definition) is 2. The molecular formula is C76H52N2. The Bertz CT molecular complexity index is 4470. The maximum atomic E-state index is 2.53. The molecule has 2 heteroatoms. The molecule has 1 aliphatic rings. The van der Waals surface area contributed by atoms with Crippen LogP contribution in [0.2, 0.25) is 0 Å². The van der Waals surface area contributed by atoms with Gasteiger partial charge in [-0.3, -0.25) is 0 Å². The van der Waals surface area contributed by atoms with Gasteiger partial charge >= 0.3 is 0 Å². The fourth-order valence-corrected chi connectivity index (χ4v) is 13.0. The van der Waals surface area contributed by atoms with E-state index >= 15 is 0 Å². The van der Waals surface area contributed by atoms with E-state index in [-0.39, 0.29) is 0 Å². The Balaban J connectivity index is 0.921. The number of fused-ring (bicyclic) bond motifs is 7. The fraction of sp³-hybridized carbons (Fsp3) is 0.0263. The predicted octanol–water partition coefficient (Wildman–Crippen LogP) is 21.1. The average Bonchev–Trinajstić information content (AvgIpc) is 3.69. The van der Waals surface area contributed by atoms with Crippen molar-refractivity contribution in [3.8, 4) is 33.4 Å². The maximum absolute atomic E-state index is 2.53. The molecular weight excluding hydrogens is 941 g/mol. The van der Waals surface area contributed by atoms with E-state index in [0.717, 1.165) is 34.1 Å². The third-order valence-corrected chi connectivity index (χ3v) is 16.6. The van der Waals surface area contributed by atoms with E-state index in [4.69, 9.17) is 0 Å². The molecule has 14 aromatic rings. The van der Waals surface area contributed by atoms with E-state index in [0.29, 0.717) is 0 Å². The molecule has 1 aliphatic heterocycles. The van der Waals surface area contributed by atoms with Crippen molar-refractivity contribution in [2.75, 3.05) is 9.80 Å². The number of benzene rings is 14. The lowest BCUT2D eigenvalue weighted by Crippen LogP contribution is -2.34. The molecule has 0 saturated heterocycles. The lowest BCUT2D eigenvalue weighted by Gasteiger charge is -2.45. The molecule has 0 spiro atoms. The van der Waals surface area contributed by atoms with Crippen LogP contribution < -0.4 is 9.80 Å². The molecule has 366 valence electrons. The number of hydrogen-bond donors (Lipinski definition) is 0.